The summed E-state index contributed by atoms with van der Waals surface area (Å²) >= 11 is 0. The topological polar surface area (TPSA) is 38.3 Å². The molecule has 0 saturated carbocycles. The number of amides is 1. The van der Waals surface area contributed by atoms with Crippen molar-refractivity contribution in [3.63, 3.8) is 0 Å². The van der Waals surface area contributed by atoms with Crippen LogP contribution in [-0.2, 0) is 4.74 Å². The molecule has 0 heterocycles. The van der Waals surface area contributed by atoms with Gasteiger partial charge in [0.15, 0.2) is 11.6 Å². The number of ether oxygens (including phenoxy) is 1. The molecule has 5 heteroatoms. The second kappa shape index (κ2) is 7.13. The van der Waals surface area contributed by atoms with Gasteiger partial charge in [-0.3, -0.25) is 4.79 Å². The average Bonchev–Trinajstić information content (AvgIpc) is 2.52. The first-order valence-corrected chi connectivity index (χ1v) is 6.84. The summed E-state index contributed by atoms with van der Waals surface area (Å²) in [5.74, 6) is -2.50. The first-order chi connectivity index (χ1) is 10.5. The highest BCUT2D eigenvalue weighted by molar-refractivity contribution is 5.94. The summed E-state index contributed by atoms with van der Waals surface area (Å²) in [5.41, 5.74) is 2.09. The van der Waals surface area contributed by atoms with E-state index in [1.54, 1.807) is 7.11 Å². The second-order valence-corrected chi connectivity index (χ2v) is 4.92. The van der Waals surface area contributed by atoms with E-state index in [9.17, 15) is 13.6 Å². The maximum Gasteiger partial charge on any atom is 0.251 e. The average molecular weight is 305 g/mol. The van der Waals surface area contributed by atoms with Gasteiger partial charge in [0.25, 0.3) is 5.91 Å². The van der Waals surface area contributed by atoms with Crippen molar-refractivity contribution < 1.29 is 18.3 Å². The van der Waals surface area contributed by atoms with E-state index in [2.05, 4.69) is 5.32 Å². The smallest absolute Gasteiger partial charge is 0.251 e. The zero-order chi connectivity index (χ0) is 16.1. The Balaban J connectivity index is 2.05. The molecule has 0 aliphatic carbocycles. The van der Waals surface area contributed by atoms with Gasteiger partial charge in [0.1, 0.15) is 0 Å². The van der Waals surface area contributed by atoms with E-state index < -0.39 is 17.5 Å². The fourth-order valence-corrected chi connectivity index (χ4v) is 2.19. The SMILES string of the molecule is COC(CNC(=O)c1ccc(F)c(F)c1)c1ccccc1C. The molecule has 0 aromatic heterocycles. The molecule has 2 aromatic rings. The number of aryl methyl sites for hydroxylation is 1. The van der Waals surface area contributed by atoms with Gasteiger partial charge >= 0.3 is 0 Å². The Morgan fingerprint density at radius 3 is 2.55 bits per heavy atom. The van der Waals surface area contributed by atoms with Crippen LogP contribution in [0.1, 0.15) is 27.6 Å². The molecule has 116 valence electrons. The number of nitrogens with one attached hydrogen (secondary N) is 1. The van der Waals surface area contributed by atoms with Crippen molar-refractivity contribution in [3.05, 3.63) is 70.8 Å². The molecule has 0 bridgehead atoms. The Labute approximate surface area is 127 Å². The Bertz CT molecular complexity index is 673. The van der Waals surface area contributed by atoms with E-state index in [1.165, 1.54) is 6.07 Å². The minimum Gasteiger partial charge on any atom is -0.375 e. The van der Waals surface area contributed by atoms with Crippen LogP contribution in [0.4, 0.5) is 8.78 Å². The summed E-state index contributed by atoms with van der Waals surface area (Å²) in [4.78, 5) is 12.0. The van der Waals surface area contributed by atoms with Gasteiger partial charge in [-0.2, -0.15) is 0 Å². The number of halogens is 2. The van der Waals surface area contributed by atoms with Crippen LogP contribution in [0.15, 0.2) is 42.5 Å². The van der Waals surface area contributed by atoms with Gasteiger partial charge in [-0.15, -0.1) is 0 Å². The number of rotatable bonds is 5. The van der Waals surface area contributed by atoms with Crippen molar-refractivity contribution in [1.29, 1.82) is 0 Å². The second-order valence-electron chi connectivity index (χ2n) is 4.92. The van der Waals surface area contributed by atoms with E-state index in [0.29, 0.717) is 0 Å². The molecule has 0 fully saturated rings. The summed E-state index contributed by atoms with van der Waals surface area (Å²) in [6.45, 7) is 2.19. The van der Waals surface area contributed by atoms with Crippen molar-refractivity contribution in [3.8, 4) is 0 Å². The zero-order valence-corrected chi connectivity index (χ0v) is 12.4. The fourth-order valence-electron chi connectivity index (χ4n) is 2.19. The van der Waals surface area contributed by atoms with Gasteiger partial charge in [-0.25, -0.2) is 8.78 Å². The van der Waals surface area contributed by atoms with Crippen molar-refractivity contribution in [2.24, 2.45) is 0 Å². The van der Waals surface area contributed by atoms with Gasteiger partial charge in [0.2, 0.25) is 0 Å². The van der Waals surface area contributed by atoms with Crippen LogP contribution < -0.4 is 5.32 Å². The number of carbonyl (C=O) groups is 1. The van der Waals surface area contributed by atoms with E-state index in [1.807, 2.05) is 31.2 Å². The van der Waals surface area contributed by atoms with Gasteiger partial charge in [-0.1, -0.05) is 24.3 Å². The lowest BCUT2D eigenvalue weighted by Crippen LogP contribution is -2.29. The predicted molar refractivity (Wildman–Crippen MR) is 79.6 cm³/mol. The number of benzene rings is 2. The Morgan fingerprint density at radius 1 is 1.18 bits per heavy atom. The first kappa shape index (κ1) is 16.1. The van der Waals surface area contributed by atoms with Crippen LogP contribution in [0.25, 0.3) is 0 Å². The minimum absolute atomic E-state index is 0.0681. The molecular formula is C17H17F2NO2. The van der Waals surface area contributed by atoms with E-state index in [0.717, 1.165) is 23.3 Å². The third kappa shape index (κ3) is 3.68. The number of hydrogen-bond acceptors (Lipinski definition) is 2. The summed E-state index contributed by atoms with van der Waals surface area (Å²) in [5, 5.41) is 2.67. The molecule has 2 rings (SSSR count). The molecule has 1 atom stereocenters. The van der Waals surface area contributed by atoms with E-state index >= 15 is 0 Å². The summed E-state index contributed by atoms with van der Waals surface area (Å²) in [6, 6.07) is 10.7. The predicted octanol–water partition coefficient (Wildman–Crippen LogP) is 3.39. The first-order valence-electron chi connectivity index (χ1n) is 6.84. The van der Waals surface area contributed by atoms with Crippen LogP contribution in [0, 0.1) is 18.6 Å². The lowest BCUT2D eigenvalue weighted by atomic mass is 10.0. The lowest BCUT2D eigenvalue weighted by Gasteiger charge is -2.18. The summed E-state index contributed by atoms with van der Waals surface area (Å²) in [6.07, 6.45) is -0.310. The van der Waals surface area contributed by atoms with Crippen molar-refractivity contribution in [2.75, 3.05) is 13.7 Å². The van der Waals surface area contributed by atoms with Crippen LogP contribution >= 0.6 is 0 Å². The largest absolute Gasteiger partial charge is 0.375 e. The highest BCUT2D eigenvalue weighted by Gasteiger charge is 2.15. The monoisotopic (exact) mass is 305 g/mol. The quantitative estimate of drug-likeness (QED) is 0.919. The molecule has 1 amide bonds. The Morgan fingerprint density at radius 2 is 1.91 bits per heavy atom. The van der Waals surface area contributed by atoms with Crippen molar-refractivity contribution >= 4 is 5.91 Å². The van der Waals surface area contributed by atoms with Gasteiger partial charge in [-0.05, 0) is 36.2 Å². The van der Waals surface area contributed by atoms with Gasteiger partial charge < -0.3 is 10.1 Å². The molecule has 0 aliphatic heterocycles. The molecule has 0 saturated heterocycles. The lowest BCUT2D eigenvalue weighted by molar-refractivity contribution is 0.0825. The van der Waals surface area contributed by atoms with E-state index in [-0.39, 0.29) is 18.2 Å². The van der Waals surface area contributed by atoms with Crippen molar-refractivity contribution in [2.45, 2.75) is 13.0 Å². The molecule has 1 N–H and O–H groups in total. The molecule has 0 aliphatic rings. The Hall–Kier alpha value is -2.27. The third-order valence-electron chi connectivity index (χ3n) is 3.45. The zero-order valence-electron chi connectivity index (χ0n) is 12.4. The molecule has 2 aromatic carbocycles. The number of hydrogen-bond donors (Lipinski definition) is 1. The third-order valence-corrected chi connectivity index (χ3v) is 3.45. The number of carbonyl (C=O) groups excluding carboxylic acids is 1. The van der Waals surface area contributed by atoms with Crippen molar-refractivity contribution in [1.82, 2.24) is 5.32 Å². The molecule has 0 spiro atoms. The standard InChI is InChI=1S/C17H17F2NO2/c1-11-5-3-4-6-13(11)16(22-2)10-20-17(21)12-7-8-14(18)15(19)9-12/h3-9,16H,10H2,1-2H3,(H,20,21). The van der Waals surface area contributed by atoms with Gasteiger partial charge in [0, 0.05) is 19.2 Å². The van der Waals surface area contributed by atoms with Crippen LogP contribution in [-0.4, -0.2) is 19.6 Å². The molecule has 1 unspecified atom stereocenters. The molecular weight excluding hydrogens is 288 g/mol. The fraction of sp³-hybridized carbons (Fsp3) is 0.235. The summed E-state index contributed by atoms with van der Waals surface area (Å²) in [7, 11) is 1.56. The van der Waals surface area contributed by atoms with Gasteiger partial charge in [0.05, 0.1) is 6.10 Å². The maximum absolute atomic E-state index is 13.1. The Kier molecular flexibility index (Phi) is 5.22. The molecule has 3 nitrogen and oxygen atoms in total. The van der Waals surface area contributed by atoms with E-state index in [4.69, 9.17) is 4.74 Å². The number of methoxy groups -OCH3 is 1. The normalized spacial score (nSPS) is 12.0. The highest BCUT2D eigenvalue weighted by Crippen LogP contribution is 2.19. The molecule has 0 radical (unpaired) electrons. The van der Waals surface area contributed by atoms with Crippen LogP contribution in [0.2, 0.25) is 0 Å². The molecule has 22 heavy (non-hydrogen) atoms. The van der Waals surface area contributed by atoms with Crippen LogP contribution in [0.5, 0.6) is 0 Å². The summed E-state index contributed by atoms with van der Waals surface area (Å²) < 4.78 is 31.4. The highest BCUT2D eigenvalue weighted by atomic mass is 19.2. The maximum atomic E-state index is 13.1. The van der Waals surface area contributed by atoms with Crippen LogP contribution in [0.3, 0.4) is 0 Å². The minimum atomic E-state index is -1.05.